The van der Waals surface area contributed by atoms with Crippen molar-refractivity contribution in [2.24, 2.45) is 0 Å². The molecule has 2 aromatic rings. The number of nitrogens with zero attached hydrogens (tertiary/aromatic N) is 4. The van der Waals surface area contributed by atoms with Crippen molar-refractivity contribution in [2.45, 2.75) is 19.3 Å². The Balaban J connectivity index is 1.49. The van der Waals surface area contributed by atoms with E-state index in [9.17, 15) is 9.59 Å². The smallest absolute Gasteiger partial charge is 0.240 e. The fourth-order valence-corrected chi connectivity index (χ4v) is 3.64. The predicted molar refractivity (Wildman–Crippen MR) is 101 cm³/mol. The minimum Gasteiger partial charge on any atom is -0.340 e. The largest absolute Gasteiger partial charge is 0.340 e. The van der Waals surface area contributed by atoms with Crippen LogP contribution in [0.1, 0.15) is 24.8 Å². The number of hydrogen-bond donors (Lipinski definition) is 1. The van der Waals surface area contributed by atoms with Gasteiger partial charge < -0.3 is 4.90 Å². The zero-order valence-corrected chi connectivity index (χ0v) is 15.6. The summed E-state index contributed by atoms with van der Waals surface area (Å²) in [4.78, 5) is 28.9. The summed E-state index contributed by atoms with van der Waals surface area (Å²) >= 11 is 1.30. The second-order valence-electron chi connectivity index (χ2n) is 6.27. The molecule has 8 heteroatoms. The molecule has 1 aliphatic rings. The van der Waals surface area contributed by atoms with Gasteiger partial charge in [-0.25, -0.2) is 0 Å². The van der Waals surface area contributed by atoms with Crippen molar-refractivity contribution in [1.29, 1.82) is 0 Å². The van der Waals surface area contributed by atoms with Crippen molar-refractivity contribution < 1.29 is 9.59 Å². The monoisotopic (exact) mass is 373 g/mol. The Morgan fingerprint density at radius 1 is 1.19 bits per heavy atom. The van der Waals surface area contributed by atoms with E-state index in [2.05, 4.69) is 20.4 Å². The Hall–Kier alpha value is -2.32. The number of amides is 2. The number of benzene rings is 1. The highest BCUT2D eigenvalue weighted by molar-refractivity contribution is 7.13. The summed E-state index contributed by atoms with van der Waals surface area (Å²) in [5.74, 6) is -0.0163. The van der Waals surface area contributed by atoms with Crippen LogP contribution in [0.25, 0.3) is 0 Å². The van der Waals surface area contributed by atoms with Crippen LogP contribution in [0.4, 0.5) is 5.13 Å². The van der Waals surface area contributed by atoms with E-state index < -0.39 is 0 Å². The summed E-state index contributed by atoms with van der Waals surface area (Å²) in [7, 11) is 0. The molecule has 2 heterocycles. The van der Waals surface area contributed by atoms with E-state index in [1.165, 1.54) is 11.3 Å². The van der Waals surface area contributed by atoms with Crippen LogP contribution in [-0.2, 0) is 9.59 Å². The fraction of sp³-hybridized carbons (Fsp3) is 0.444. The van der Waals surface area contributed by atoms with Crippen LogP contribution in [0.3, 0.4) is 0 Å². The lowest BCUT2D eigenvalue weighted by molar-refractivity contribution is -0.134. The summed E-state index contributed by atoms with van der Waals surface area (Å²) in [6, 6.07) is 9.94. The third-order valence-corrected chi connectivity index (χ3v) is 5.17. The molecule has 1 aromatic carbocycles. The standard InChI is InChI=1S/C18H23N5O2S/c1-2-15(14-6-4-3-5-7-14)17(25)23-10-8-22(9-11-23)12-16(24)20-18-21-19-13-26-18/h3-7,13,15H,2,8-12H2,1H3,(H,20,21,24). The first-order chi connectivity index (χ1) is 12.7. The minimum absolute atomic E-state index is 0.0940. The van der Waals surface area contributed by atoms with Gasteiger partial charge in [0.15, 0.2) is 0 Å². The van der Waals surface area contributed by atoms with Crippen molar-refractivity contribution >= 4 is 28.3 Å². The molecule has 2 amide bonds. The predicted octanol–water partition coefficient (Wildman–Crippen LogP) is 1.81. The van der Waals surface area contributed by atoms with Crippen LogP contribution in [-0.4, -0.2) is 64.5 Å². The molecule has 1 N–H and O–H groups in total. The molecule has 0 bridgehead atoms. The molecule has 1 atom stereocenters. The topological polar surface area (TPSA) is 78.4 Å². The van der Waals surface area contributed by atoms with Crippen molar-refractivity contribution in [2.75, 3.05) is 38.0 Å². The zero-order chi connectivity index (χ0) is 18.4. The van der Waals surface area contributed by atoms with E-state index in [4.69, 9.17) is 0 Å². The molecule has 1 aliphatic heterocycles. The van der Waals surface area contributed by atoms with Crippen LogP contribution in [0.15, 0.2) is 35.8 Å². The summed E-state index contributed by atoms with van der Waals surface area (Å²) < 4.78 is 0. The zero-order valence-electron chi connectivity index (χ0n) is 14.8. The minimum atomic E-state index is -0.0998. The fourth-order valence-electron chi connectivity index (χ4n) is 3.17. The van der Waals surface area contributed by atoms with Crippen LogP contribution in [0.5, 0.6) is 0 Å². The van der Waals surface area contributed by atoms with Gasteiger partial charge in [0.2, 0.25) is 16.9 Å². The van der Waals surface area contributed by atoms with Gasteiger partial charge in [0.25, 0.3) is 0 Å². The van der Waals surface area contributed by atoms with E-state index in [0.29, 0.717) is 37.9 Å². The van der Waals surface area contributed by atoms with Crippen molar-refractivity contribution in [3.05, 3.63) is 41.4 Å². The van der Waals surface area contributed by atoms with Crippen molar-refractivity contribution in [3.63, 3.8) is 0 Å². The molecule has 1 unspecified atom stereocenters. The molecule has 0 radical (unpaired) electrons. The third-order valence-electron chi connectivity index (χ3n) is 4.57. The lowest BCUT2D eigenvalue weighted by atomic mass is 9.95. The van der Waals surface area contributed by atoms with E-state index in [-0.39, 0.29) is 17.7 Å². The van der Waals surface area contributed by atoms with Gasteiger partial charge in [0, 0.05) is 26.2 Å². The van der Waals surface area contributed by atoms with Gasteiger partial charge in [0.05, 0.1) is 12.5 Å². The first-order valence-electron chi connectivity index (χ1n) is 8.79. The number of piperazine rings is 1. The Kier molecular flexibility index (Phi) is 6.30. The highest BCUT2D eigenvalue weighted by atomic mass is 32.1. The number of rotatable bonds is 6. The molecule has 0 saturated carbocycles. The quantitative estimate of drug-likeness (QED) is 0.836. The number of carbonyl (C=O) groups is 2. The average molecular weight is 373 g/mol. The summed E-state index contributed by atoms with van der Waals surface area (Å²) in [6.07, 6.45) is 0.785. The molecule has 138 valence electrons. The van der Waals surface area contributed by atoms with Gasteiger partial charge in [-0.1, -0.05) is 48.6 Å². The highest BCUT2D eigenvalue weighted by Crippen LogP contribution is 2.22. The van der Waals surface area contributed by atoms with Crippen LogP contribution >= 0.6 is 11.3 Å². The number of anilines is 1. The van der Waals surface area contributed by atoms with E-state index >= 15 is 0 Å². The lowest BCUT2D eigenvalue weighted by Gasteiger charge is -2.36. The van der Waals surface area contributed by atoms with Gasteiger partial charge in [-0.05, 0) is 12.0 Å². The normalized spacial score (nSPS) is 16.3. The summed E-state index contributed by atoms with van der Waals surface area (Å²) in [6.45, 7) is 5.03. The maximum absolute atomic E-state index is 12.9. The highest BCUT2D eigenvalue weighted by Gasteiger charge is 2.28. The van der Waals surface area contributed by atoms with Crippen molar-refractivity contribution in [1.82, 2.24) is 20.0 Å². The first kappa shape index (κ1) is 18.5. The number of aromatic nitrogens is 2. The Labute approximate surface area is 157 Å². The molecule has 3 rings (SSSR count). The third kappa shape index (κ3) is 4.64. The van der Waals surface area contributed by atoms with Crippen LogP contribution in [0.2, 0.25) is 0 Å². The average Bonchev–Trinajstić information content (AvgIpc) is 3.16. The van der Waals surface area contributed by atoms with E-state index in [1.807, 2.05) is 42.2 Å². The summed E-state index contributed by atoms with van der Waals surface area (Å²) in [5, 5.41) is 10.8. The van der Waals surface area contributed by atoms with Gasteiger partial charge >= 0.3 is 0 Å². The molecule has 26 heavy (non-hydrogen) atoms. The van der Waals surface area contributed by atoms with Crippen LogP contribution in [0, 0.1) is 0 Å². The first-order valence-corrected chi connectivity index (χ1v) is 9.67. The second-order valence-corrected chi connectivity index (χ2v) is 7.10. The van der Waals surface area contributed by atoms with Crippen LogP contribution < -0.4 is 5.32 Å². The maximum atomic E-state index is 12.9. The number of nitrogens with one attached hydrogen (secondary N) is 1. The Morgan fingerprint density at radius 2 is 1.92 bits per heavy atom. The molecular formula is C18H23N5O2S. The number of hydrogen-bond acceptors (Lipinski definition) is 6. The molecule has 0 aliphatic carbocycles. The van der Waals surface area contributed by atoms with Gasteiger partial charge in [-0.2, -0.15) is 0 Å². The molecule has 7 nitrogen and oxygen atoms in total. The number of carbonyl (C=O) groups excluding carboxylic acids is 2. The Morgan fingerprint density at radius 3 is 2.54 bits per heavy atom. The maximum Gasteiger partial charge on any atom is 0.240 e. The molecule has 1 aromatic heterocycles. The SMILES string of the molecule is CCC(C(=O)N1CCN(CC(=O)Nc2nncs2)CC1)c1ccccc1. The summed E-state index contributed by atoms with van der Waals surface area (Å²) in [5.41, 5.74) is 2.65. The lowest BCUT2D eigenvalue weighted by Crippen LogP contribution is -2.51. The molecule has 1 saturated heterocycles. The second kappa shape index (κ2) is 8.86. The van der Waals surface area contributed by atoms with Gasteiger partial charge in [-0.3, -0.25) is 19.8 Å². The molecule has 1 fully saturated rings. The molecular weight excluding hydrogens is 350 g/mol. The van der Waals surface area contributed by atoms with Crippen molar-refractivity contribution in [3.8, 4) is 0 Å². The Bertz CT molecular complexity index is 714. The van der Waals surface area contributed by atoms with E-state index in [0.717, 1.165) is 12.0 Å². The molecule has 0 spiro atoms. The van der Waals surface area contributed by atoms with E-state index in [1.54, 1.807) is 5.51 Å². The van der Waals surface area contributed by atoms with Gasteiger partial charge in [0.1, 0.15) is 5.51 Å². The van der Waals surface area contributed by atoms with Gasteiger partial charge in [-0.15, -0.1) is 10.2 Å².